The summed E-state index contributed by atoms with van der Waals surface area (Å²) in [5.41, 5.74) is 6.36. The summed E-state index contributed by atoms with van der Waals surface area (Å²) >= 11 is 1.09. The molecule has 0 fully saturated rings. The van der Waals surface area contributed by atoms with Gasteiger partial charge in [-0.05, 0) is 43.3 Å². The number of rotatable bonds is 5. The smallest absolute Gasteiger partial charge is 0.318 e. The van der Waals surface area contributed by atoms with E-state index in [0.717, 1.165) is 17.3 Å². The van der Waals surface area contributed by atoms with Crippen molar-refractivity contribution in [2.24, 2.45) is 5.73 Å². The maximum absolute atomic E-state index is 13.3. The number of imide groups is 1. The minimum Gasteiger partial charge on any atom is -0.351 e. The van der Waals surface area contributed by atoms with E-state index in [1.165, 1.54) is 12.1 Å². The number of aromatic nitrogens is 4. The summed E-state index contributed by atoms with van der Waals surface area (Å²) in [5.74, 6) is -0.415. The molecule has 0 aliphatic heterocycles. The number of urea groups is 1. The van der Waals surface area contributed by atoms with Gasteiger partial charge in [0, 0.05) is 23.6 Å². The third kappa shape index (κ3) is 4.29. The molecule has 10 heteroatoms. The van der Waals surface area contributed by atoms with Gasteiger partial charge in [0.05, 0.1) is 5.25 Å². The zero-order valence-electron chi connectivity index (χ0n) is 14.2. The number of thioether (sulfide) groups is 1. The summed E-state index contributed by atoms with van der Waals surface area (Å²) < 4.78 is 15.0. The minimum atomic E-state index is -0.926. The quantitative estimate of drug-likeness (QED) is 0.649. The number of hydrogen-bond donors (Lipinski definition) is 2. The van der Waals surface area contributed by atoms with Gasteiger partial charge in [0.25, 0.3) is 0 Å². The third-order valence-corrected chi connectivity index (χ3v) is 4.60. The highest BCUT2D eigenvalue weighted by Crippen LogP contribution is 2.30. The molecule has 3 aromatic rings. The Hall–Kier alpha value is -3.27. The zero-order valence-corrected chi connectivity index (χ0v) is 15.0. The van der Waals surface area contributed by atoms with Crippen LogP contribution in [0.2, 0.25) is 0 Å². The van der Waals surface area contributed by atoms with Crippen LogP contribution < -0.4 is 11.1 Å². The van der Waals surface area contributed by atoms with E-state index in [0.29, 0.717) is 16.7 Å². The van der Waals surface area contributed by atoms with Crippen molar-refractivity contribution in [1.82, 2.24) is 25.1 Å². The predicted octanol–water partition coefficient (Wildman–Crippen LogP) is 2.14. The number of primary amides is 1. The molecule has 1 atom stereocenters. The van der Waals surface area contributed by atoms with Gasteiger partial charge in [0.1, 0.15) is 5.82 Å². The van der Waals surface area contributed by atoms with Crippen LogP contribution >= 0.6 is 11.8 Å². The first-order valence-corrected chi connectivity index (χ1v) is 8.72. The molecule has 0 bridgehead atoms. The van der Waals surface area contributed by atoms with Crippen LogP contribution in [0.3, 0.4) is 0 Å². The van der Waals surface area contributed by atoms with E-state index >= 15 is 0 Å². The Balaban J connectivity index is 2.01. The van der Waals surface area contributed by atoms with Gasteiger partial charge in [-0.15, -0.1) is 10.2 Å². The molecule has 2 aromatic heterocycles. The molecule has 1 unspecified atom stereocenters. The van der Waals surface area contributed by atoms with E-state index in [4.69, 9.17) is 5.73 Å². The van der Waals surface area contributed by atoms with Gasteiger partial charge in [0.2, 0.25) is 5.91 Å². The lowest BCUT2D eigenvalue weighted by Crippen LogP contribution is -2.39. The molecule has 8 nitrogen and oxygen atoms in total. The average molecular weight is 386 g/mol. The number of hydrogen-bond acceptors (Lipinski definition) is 6. The third-order valence-electron chi connectivity index (χ3n) is 3.55. The molecule has 138 valence electrons. The second kappa shape index (κ2) is 7.96. The second-order valence-electron chi connectivity index (χ2n) is 5.47. The monoisotopic (exact) mass is 386 g/mol. The number of carbonyl (C=O) groups is 2. The number of amides is 3. The first kappa shape index (κ1) is 18.5. The summed E-state index contributed by atoms with van der Waals surface area (Å²) in [6, 6.07) is 8.42. The van der Waals surface area contributed by atoms with E-state index < -0.39 is 17.2 Å². The number of pyridine rings is 1. The molecule has 0 saturated heterocycles. The number of carbonyl (C=O) groups excluding carboxylic acids is 2. The van der Waals surface area contributed by atoms with Crippen LogP contribution in [0, 0.1) is 5.82 Å². The van der Waals surface area contributed by atoms with E-state index in [2.05, 4.69) is 15.2 Å². The van der Waals surface area contributed by atoms with Crippen molar-refractivity contribution in [2.45, 2.75) is 17.3 Å². The minimum absolute atomic E-state index is 0.374. The Labute approximate surface area is 158 Å². The highest BCUT2D eigenvalue weighted by atomic mass is 32.2. The molecule has 3 rings (SSSR count). The van der Waals surface area contributed by atoms with E-state index in [9.17, 15) is 14.0 Å². The van der Waals surface area contributed by atoms with Gasteiger partial charge < -0.3 is 5.73 Å². The highest BCUT2D eigenvalue weighted by Gasteiger charge is 2.22. The normalized spacial score (nSPS) is 11.8. The summed E-state index contributed by atoms with van der Waals surface area (Å²) in [7, 11) is 0. The maximum Gasteiger partial charge on any atom is 0.318 e. The molecule has 3 N–H and O–H groups in total. The van der Waals surface area contributed by atoms with Gasteiger partial charge in [-0.1, -0.05) is 11.8 Å². The van der Waals surface area contributed by atoms with Crippen LogP contribution in [0.5, 0.6) is 0 Å². The molecule has 1 aromatic carbocycles. The molecule has 0 aliphatic rings. The Morgan fingerprint density at radius 3 is 2.44 bits per heavy atom. The number of nitrogens with zero attached hydrogens (tertiary/aromatic N) is 4. The number of halogens is 1. The Kier molecular flexibility index (Phi) is 5.46. The molecular formula is C17H15FN6O2S. The molecular weight excluding hydrogens is 371 g/mol. The summed E-state index contributed by atoms with van der Waals surface area (Å²) in [5, 5.41) is 10.1. The first-order chi connectivity index (χ1) is 13.0. The Morgan fingerprint density at radius 2 is 1.81 bits per heavy atom. The summed E-state index contributed by atoms with van der Waals surface area (Å²) in [6.45, 7) is 1.61. The maximum atomic E-state index is 13.3. The topological polar surface area (TPSA) is 116 Å². The van der Waals surface area contributed by atoms with Crippen molar-refractivity contribution in [3.05, 3.63) is 54.6 Å². The molecule has 2 heterocycles. The predicted molar refractivity (Wildman–Crippen MR) is 97.6 cm³/mol. The van der Waals surface area contributed by atoms with Crippen LogP contribution in [0.1, 0.15) is 6.92 Å². The second-order valence-corrected chi connectivity index (χ2v) is 6.78. The molecule has 0 saturated carbocycles. The van der Waals surface area contributed by atoms with Crippen molar-refractivity contribution >= 4 is 23.7 Å². The lowest BCUT2D eigenvalue weighted by molar-refractivity contribution is -0.119. The fourth-order valence-corrected chi connectivity index (χ4v) is 3.16. The molecule has 0 spiro atoms. The van der Waals surface area contributed by atoms with E-state index in [1.54, 1.807) is 48.1 Å². The lowest BCUT2D eigenvalue weighted by atomic mass is 10.2. The molecule has 3 amide bonds. The van der Waals surface area contributed by atoms with Crippen molar-refractivity contribution in [1.29, 1.82) is 0 Å². The van der Waals surface area contributed by atoms with Crippen molar-refractivity contribution < 1.29 is 14.0 Å². The first-order valence-electron chi connectivity index (χ1n) is 7.84. The molecule has 0 aliphatic carbocycles. The lowest BCUT2D eigenvalue weighted by Gasteiger charge is -2.13. The summed E-state index contributed by atoms with van der Waals surface area (Å²) in [4.78, 5) is 26.8. The van der Waals surface area contributed by atoms with Gasteiger partial charge in [0.15, 0.2) is 11.0 Å². The average Bonchev–Trinajstić information content (AvgIpc) is 3.06. The van der Waals surface area contributed by atoms with Gasteiger partial charge in [-0.25, -0.2) is 9.18 Å². The van der Waals surface area contributed by atoms with Crippen LogP contribution in [0.4, 0.5) is 9.18 Å². The fraction of sp³-hybridized carbons (Fsp3) is 0.118. The van der Waals surface area contributed by atoms with Crippen LogP contribution in [-0.2, 0) is 4.79 Å². The Bertz CT molecular complexity index is 961. The van der Waals surface area contributed by atoms with Crippen LogP contribution in [0.15, 0.2) is 53.9 Å². The van der Waals surface area contributed by atoms with Crippen molar-refractivity contribution in [3.63, 3.8) is 0 Å². The zero-order chi connectivity index (χ0) is 19.4. The molecule has 0 radical (unpaired) electrons. The van der Waals surface area contributed by atoms with Crippen LogP contribution in [0.25, 0.3) is 17.1 Å². The number of nitrogens with two attached hydrogens (primary N) is 1. The Morgan fingerprint density at radius 1 is 1.15 bits per heavy atom. The van der Waals surface area contributed by atoms with E-state index in [-0.39, 0.29) is 5.82 Å². The standard InChI is InChI=1S/C17H15FN6O2S/c1-10(15(25)21-16(19)26)27-17-23-22-14(11-6-8-20-9-7-11)24(17)13-4-2-12(18)3-5-13/h2-10H,1H3,(H3,19,21,25,26). The highest BCUT2D eigenvalue weighted by molar-refractivity contribution is 8.00. The van der Waals surface area contributed by atoms with E-state index in [1.807, 2.05) is 5.32 Å². The number of nitrogens with one attached hydrogen (secondary N) is 1. The number of benzene rings is 1. The van der Waals surface area contributed by atoms with Gasteiger partial charge in [-0.3, -0.25) is 19.7 Å². The van der Waals surface area contributed by atoms with Crippen molar-refractivity contribution in [3.8, 4) is 17.1 Å². The SMILES string of the molecule is CC(Sc1nnc(-c2ccncc2)n1-c1ccc(F)cc1)C(=O)NC(N)=O. The van der Waals surface area contributed by atoms with Crippen molar-refractivity contribution in [2.75, 3.05) is 0 Å². The summed E-state index contributed by atoms with van der Waals surface area (Å²) in [6.07, 6.45) is 3.24. The fourth-order valence-electron chi connectivity index (χ4n) is 2.29. The largest absolute Gasteiger partial charge is 0.351 e. The molecule has 27 heavy (non-hydrogen) atoms. The van der Waals surface area contributed by atoms with Gasteiger partial charge >= 0.3 is 6.03 Å². The van der Waals surface area contributed by atoms with Crippen LogP contribution in [-0.4, -0.2) is 36.9 Å². The van der Waals surface area contributed by atoms with Gasteiger partial charge in [-0.2, -0.15) is 0 Å².